The molecule has 0 spiro atoms. The predicted molar refractivity (Wildman–Crippen MR) is 106 cm³/mol. The maximum Gasteiger partial charge on any atom is 0.418 e. The van der Waals surface area contributed by atoms with Crippen molar-refractivity contribution >= 4 is 38.9 Å². The molecule has 1 aliphatic heterocycles. The summed E-state index contributed by atoms with van der Waals surface area (Å²) >= 11 is 0. The van der Waals surface area contributed by atoms with Gasteiger partial charge in [0.05, 0.1) is 22.7 Å². The van der Waals surface area contributed by atoms with E-state index in [1.165, 1.54) is 22.5 Å². The first-order valence-electron chi connectivity index (χ1n) is 8.88. The maximum atomic E-state index is 13.0. The number of anilines is 3. The Morgan fingerprint density at radius 2 is 1.63 bits per heavy atom. The van der Waals surface area contributed by atoms with E-state index in [1.54, 1.807) is 19.1 Å². The van der Waals surface area contributed by atoms with Crippen LogP contribution < -0.4 is 14.9 Å². The Hall–Kier alpha value is -3.08. The van der Waals surface area contributed by atoms with Crippen molar-refractivity contribution in [3.8, 4) is 0 Å². The number of benzene rings is 2. The monoisotopic (exact) mass is 441 g/mol. The molecule has 1 aliphatic rings. The molecule has 3 rings (SSSR count). The molecule has 7 nitrogen and oxygen atoms in total. The first kappa shape index (κ1) is 21.6. The van der Waals surface area contributed by atoms with Gasteiger partial charge in [0.15, 0.2) is 0 Å². The third-order valence-corrected chi connectivity index (χ3v) is 6.41. The number of hydrogen-bond acceptors (Lipinski definition) is 4. The average Bonchev–Trinajstić information content (AvgIpc) is 3.02. The van der Waals surface area contributed by atoms with Crippen molar-refractivity contribution < 1.29 is 31.2 Å². The van der Waals surface area contributed by atoms with Crippen LogP contribution in [0.4, 0.5) is 30.2 Å². The fourth-order valence-electron chi connectivity index (χ4n) is 3.03. The molecule has 160 valence electrons. The summed E-state index contributed by atoms with van der Waals surface area (Å²) < 4.78 is 64.5. The van der Waals surface area contributed by atoms with Crippen LogP contribution in [-0.4, -0.2) is 32.5 Å². The number of sulfonamides is 1. The summed E-state index contributed by atoms with van der Waals surface area (Å²) in [4.78, 5) is 24.4. The molecule has 0 aromatic heterocycles. The van der Waals surface area contributed by atoms with Crippen LogP contribution in [0.25, 0.3) is 0 Å². The molecular weight excluding hydrogens is 423 g/mol. The van der Waals surface area contributed by atoms with Crippen LogP contribution in [0.1, 0.15) is 17.5 Å². The maximum absolute atomic E-state index is 13.0. The molecule has 0 aliphatic carbocycles. The molecule has 2 aromatic rings. The van der Waals surface area contributed by atoms with Gasteiger partial charge < -0.3 is 10.6 Å². The van der Waals surface area contributed by atoms with Gasteiger partial charge >= 0.3 is 18.0 Å². The number of para-hydroxylation sites is 1. The van der Waals surface area contributed by atoms with Gasteiger partial charge in [-0.15, -0.1) is 0 Å². The highest BCUT2D eigenvalue weighted by Crippen LogP contribution is 2.34. The topological polar surface area (TPSA) is 95.6 Å². The van der Waals surface area contributed by atoms with E-state index in [4.69, 9.17) is 0 Å². The quantitative estimate of drug-likeness (QED) is 0.716. The summed E-state index contributed by atoms with van der Waals surface area (Å²) in [6.07, 6.45) is -4.23. The Morgan fingerprint density at radius 3 is 2.23 bits per heavy atom. The van der Waals surface area contributed by atoms with Crippen molar-refractivity contribution in [2.24, 2.45) is 0 Å². The van der Waals surface area contributed by atoms with Gasteiger partial charge in [-0.05, 0) is 43.2 Å². The third kappa shape index (κ3) is 4.56. The molecule has 0 bridgehead atoms. The highest BCUT2D eigenvalue weighted by atomic mass is 32.2. The van der Waals surface area contributed by atoms with Crippen molar-refractivity contribution in [3.63, 3.8) is 0 Å². The molecule has 2 aromatic carbocycles. The Kier molecular flexibility index (Phi) is 5.75. The van der Waals surface area contributed by atoms with Gasteiger partial charge in [-0.1, -0.05) is 18.2 Å². The molecule has 0 saturated carbocycles. The minimum absolute atomic E-state index is 0.0174. The van der Waals surface area contributed by atoms with Crippen LogP contribution in [0.3, 0.4) is 0 Å². The fourth-order valence-corrected chi connectivity index (χ4v) is 4.58. The van der Waals surface area contributed by atoms with Gasteiger partial charge in [0, 0.05) is 12.2 Å². The largest absolute Gasteiger partial charge is 0.418 e. The normalized spacial score (nSPS) is 15.7. The number of halogens is 3. The summed E-state index contributed by atoms with van der Waals surface area (Å²) in [6.45, 7) is 1.93. The number of carbonyl (C=O) groups is 2. The molecule has 0 atom stereocenters. The van der Waals surface area contributed by atoms with Gasteiger partial charge in [0.2, 0.25) is 10.0 Å². The summed E-state index contributed by atoms with van der Waals surface area (Å²) in [5.74, 6) is -2.45. The fraction of sp³-hybridized carbons (Fsp3) is 0.263. The smallest absolute Gasteiger partial charge is 0.317 e. The molecule has 1 fully saturated rings. The summed E-state index contributed by atoms with van der Waals surface area (Å²) in [5.41, 5.74) is -0.565. The molecule has 2 N–H and O–H groups in total. The van der Waals surface area contributed by atoms with Gasteiger partial charge in [0.1, 0.15) is 0 Å². The Morgan fingerprint density at radius 1 is 1.00 bits per heavy atom. The number of hydrogen-bond donors (Lipinski definition) is 2. The first-order chi connectivity index (χ1) is 14.0. The number of nitrogens with one attached hydrogen (secondary N) is 2. The Bertz CT molecular complexity index is 1100. The number of rotatable bonds is 3. The number of nitrogens with zero attached hydrogens (tertiary/aromatic N) is 1. The predicted octanol–water partition coefficient (Wildman–Crippen LogP) is 3.13. The zero-order valence-corrected chi connectivity index (χ0v) is 16.6. The Balaban J connectivity index is 1.78. The summed E-state index contributed by atoms with van der Waals surface area (Å²) in [7, 11) is -3.44. The van der Waals surface area contributed by atoms with Crippen LogP contribution in [-0.2, 0) is 25.8 Å². The molecule has 11 heteroatoms. The van der Waals surface area contributed by atoms with E-state index in [0.717, 1.165) is 12.1 Å². The average molecular weight is 441 g/mol. The second-order valence-electron chi connectivity index (χ2n) is 6.69. The zero-order valence-electron chi connectivity index (χ0n) is 15.8. The van der Waals surface area contributed by atoms with Crippen molar-refractivity contribution in [2.75, 3.05) is 27.2 Å². The Labute approximate surface area is 170 Å². The van der Waals surface area contributed by atoms with E-state index < -0.39 is 39.3 Å². The SMILES string of the molecule is Cc1ccc(N2CCCS2(=O)=O)cc1NC(=O)C(=O)Nc1ccccc1C(F)(F)F. The molecule has 1 saturated heterocycles. The van der Waals surface area contributed by atoms with Crippen molar-refractivity contribution in [3.05, 3.63) is 53.6 Å². The van der Waals surface area contributed by atoms with Crippen LogP contribution in [0.15, 0.2) is 42.5 Å². The molecule has 30 heavy (non-hydrogen) atoms. The van der Waals surface area contributed by atoms with Crippen molar-refractivity contribution in [1.82, 2.24) is 0 Å². The van der Waals surface area contributed by atoms with E-state index in [1.807, 2.05) is 5.32 Å². The summed E-state index contributed by atoms with van der Waals surface area (Å²) in [6, 6.07) is 8.86. The van der Waals surface area contributed by atoms with E-state index in [2.05, 4.69) is 5.32 Å². The third-order valence-electron chi connectivity index (χ3n) is 4.54. The van der Waals surface area contributed by atoms with E-state index in [0.29, 0.717) is 24.2 Å². The lowest BCUT2D eigenvalue weighted by Crippen LogP contribution is -2.30. The highest BCUT2D eigenvalue weighted by molar-refractivity contribution is 7.93. The summed E-state index contributed by atoms with van der Waals surface area (Å²) in [5, 5.41) is 4.29. The lowest BCUT2D eigenvalue weighted by molar-refractivity contribution is -0.137. The van der Waals surface area contributed by atoms with Crippen molar-refractivity contribution in [2.45, 2.75) is 19.5 Å². The number of aryl methyl sites for hydroxylation is 1. The molecule has 2 amide bonds. The van der Waals surface area contributed by atoms with Crippen LogP contribution in [0.5, 0.6) is 0 Å². The highest BCUT2D eigenvalue weighted by Gasteiger charge is 2.34. The van der Waals surface area contributed by atoms with Gasteiger partial charge in [0.25, 0.3) is 0 Å². The lowest BCUT2D eigenvalue weighted by Gasteiger charge is -2.19. The minimum atomic E-state index is -4.70. The molecule has 1 heterocycles. The standard InChI is InChI=1S/C19H18F3N3O4S/c1-12-7-8-13(25-9-4-10-30(25,28)29)11-16(12)24-18(27)17(26)23-15-6-3-2-5-14(15)19(20,21)22/h2-3,5-8,11H,4,9-10H2,1H3,(H,23,26)(H,24,27). The molecule has 0 radical (unpaired) electrons. The van der Waals surface area contributed by atoms with Gasteiger partial charge in [-0.25, -0.2) is 8.42 Å². The van der Waals surface area contributed by atoms with Crippen molar-refractivity contribution in [1.29, 1.82) is 0 Å². The zero-order chi connectivity index (χ0) is 22.1. The molecular formula is C19H18F3N3O4S. The first-order valence-corrected chi connectivity index (χ1v) is 10.5. The number of amides is 2. The van der Waals surface area contributed by atoms with Gasteiger partial charge in [-0.3, -0.25) is 13.9 Å². The number of alkyl halides is 3. The minimum Gasteiger partial charge on any atom is -0.317 e. The second kappa shape index (κ2) is 7.98. The lowest BCUT2D eigenvalue weighted by atomic mass is 10.1. The van der Waals surface area contributed by atoms with Crippen LogP contribution in [0.2, 0.25) is 0 Å². The molecule has 0 unspecified atom stereocenters. The van der Waals surface area contributed by atoms with E-state index >= 15 is 0 Å². The van der Waals surface area contributed by atoms with Crippen LogP contribution >= 0.6 is 0 Å². The van der Waals surface area contributed by atoms with Crippen LogP contribution in [0, 0.1) is 6.92 Å². The van der Waals surface area contributed by atoms with E-state index in [9.17, 15) is 31.2 Å². The second-order valence-corrected chi connectivity index (χ2v) is 8.71. The number of carbonyl (C=O) groups excluding carboxylic acids is 2. The van der Waals surface area contributed by atoms with E-state index in [-0.39, 0.29) is 11.4 Å². The van der Waals surface area contributed by atoms with Gasteiger partial charge in [-0.2, -0.15) is 13.2 Å².